The van der Waals surface area contributed by atoms with E-state index in [4.69, 9.17) is 0 Å². The molecule has 308 valence electrons. The fourth-order valence-corrected chi connectivity index (χ4v) is 9.81. The van der Waals surface area contributed by atoms with Crippen LogP contribution >= 0.6 is 0 Å². The molecule has 2 aliphatic rings. The molecule has 0 unspecified atom stereocenters. The van der Waals surface area contributed by atoms with E-state index in [1.807, 2.05) is 0 Å². The van der Waals surface area contributed by atoms with E-state index in [2.05, 4.69) is 167 Å². The lowest BCUT2D eigenvalue weighted by Crippen LogP contribution is -2.61. The van der Waals surface area contributed by atoms with Crippen LogP contribution in [0.3, 0.4) is 0 Å². The number of fused-ring (bicyclic) bond motifs is 4. The molecule has 0 saturated carbocycles. The first-order valence-electron chi connectivity index (χ1n) is 23.8. The van der Waals surface area contributed by atoms with Crippen molar-refractivity contribution in [2.45, 2.75) is 138 Å². The van der Waals surface area contributed by atoms with Crippen LogP contribution in [-0.2, 0) is 32.1 Å². The molecular weight excluding hydrogens is 723 g/mol. The van der Waals surface area contributed by atoms with Crippen molar-refractivity contribution in [3.8, 4) is 11.1 Å². The third-order valence-corrected chi connectivity index (χ3v) is 13.2. The highest BCUT2D eigenvalue weighted by atomic mass is 15.2. The van der Waals surface area contributed by atoms with Gasteiger partial charge in [0.05, 0.1) is 5.69 Å². The number of hydrogen-bond donors (Lipinski definition) is 0. The largest absolute Gasteiger partial charge is 0.311 e. The smallest absolute Gasteiger partial charge is 0.252 e. The maximum atomic E-state index is 2.68. The van der Waals surface area contributed by atoms with Crippen LogP contribution in [0.25, 0.3) is 11.1 Å². The van der Waals surface area contributed by atoms with Gasteiger partial charge in [-0.3, -0.25) is 0 Å². The van der Waals surface area contributed by atoms with Gasteiger partial charge in [0.15, 0.2) is 0 Å². The van der Waals surface area contributed by atoms with Crippen LogP contribution in [0.1, 0.15) is 132 Å². The van der Waals surface area contributed by atoms with E-state index in [1.54, 1.807) is 0 Å². The summed E-state index contributed by atoms with van der Waals surface area (Å²) in [5.41, 5.74) is 23.1. The molecule has 6 aromatic rings. The van der Waals surface area contributed by atoms with Gasteiger partial charge in [-0.25, -0.2) is 0 Å². The van der Waals surface area contributed by atoms with E-state index in [9.17, 15) is 0 Å². The van der Waals surface area contributed by atoms with Crippen LogP contribution in [0, 0.1) is 6.92 Å². The molecule has 0 saturated heterocycles. The zero-order chi connectivity index (χ0) is 41.6. The van der Waals surface area contributed by atoms with Crippen molar-refractivity contribution in [1.82, 2.24) is 0 Å². The first-order chi connectivity index (χ1) is 29.5. The normalized spacial score (nSPS) is 12.7. The van der Waals surface area contributed by atoms with Crippen LogP contribution in [0.4, 0.5) is 34.1 Å². The maximum absolute atomic E-state index is 2.68. The second kappa shape index (κ2) is 19.1. The van der Waals surface area contributed by atoms with Crippen LogP contribution in [-0.4, -0.2) is 6.71 Å². The Balaban J connectivity index is 1.39. The molecule has 0 aromatic heterocycles. The third kappa shape index (κ3) is 8.47. The summed E-state index contributed by atoms with van der Waals surface area (Å²) in [6.07, 6.45) is 17.6. The van der Waals surface area contributed by atoms with Crippen molar-refractivity contribution in [3.05, 3.63) is 149 Å². The molecule has 2 aliphatic heterocycles. The summed E-state index contributed by atoms with van der Waals surface area (Å²) in [4.78, 5) is 5.27. The number of unbranched alkanes of at least 4 members (excludes halogenated alkanes) is 5. The minimum atomic E-state index is 0.129. The Bertz CT molecular complexity index is 2390. The van der Waals surface area contributed by atoms with E-state index >= 15 is 0 Å². The van der Waals surface area contributed by atoms with Gasteiger partial charge in [-0.15, -0.1) is 0 Å². The third-order valence-electron chi connectivity index (χ3n) is 13.2. The monoisotopic (exact) mass is 791 g/mol. The van der Waals surface area contributed by atoms with Gasteiger partial charge in [-0.1, -0.05) is 133 Å². The Morgan fingerprint density at radius 1 is 0.383 bits per heavy atom. The molecule has 0 N–H and O–H groups in total. The van der Waals surface area contributed by atoms with Gasteiger partial charge >= 0.3 is 0 Å². The molecule has 0 amide bonds. The van der Waals surface area contributed by atoms with Gasteiger partial charge in [0.1, 0.15) is 0 Å². The summed E-state index contributed by atoms with van der Waals surface area (Å²) in [5, 5.41) is 0. The standard InChI is InChI=1S/C57H67BN2/c1-7-12-17-42-22-29-47(30-23-42)49-38-44(19-14-9-3)27-34-52(49)60-54-40-46(21-16-11-5)26-33-50(54)58-51-39-45(20-15-10-4)28-35-53(51)59(55-36-41(6)37-56(60)57(55)58)48-31-24-43(25-32-48)18-13-8-2/h22-40H,7-21H2,1-6H3. The summed E-state index contributed by atoms with van der Waals surface area (Å²) in [5.74, 6) is 0. The van der Waals surface area contributed by atoms with Crippen LogP contribution in [0.15, 0.2) is 115 Å². The van der Waals surface area contributed by atoms with Crippen molar-refractivity contribution in [3.63, 3.8) is 0 Å². The number of anilines is 6. The molecule has 0 fully saturated rings. The molecule has 0 radical (unpaired) electrons. The van der Waals surface area contributed by atoms with Gasteiger partial charge in [0.25, 0.3) is 6.71 Å². The SMILES string of the molecule is CCCCc1ccc(-c2cc(CCCC)ccc2N2c3cc(CCCC)ccc3B3c4cc(CCCC)ccc4N(c4ccc(CCCC)cc4)c4cc(C)cc2c43)cc1. The minimum absolute atomic E-state index is 0.129. The Morgan fingerprint density at radius 2 is 0.850 bits per heavy atom. The van der Waals surface area contributed by atoms with Gasteiger partial charge in [0.2, 0.25) is 0 Å². The number of rotatable bonds is 18. The first kappa shape index (κ1) is 41.7. The Hall–Kier alpha value is -5.02. The van der Waals surface area contributed by atoms with Gasteiger partial charge in [-0.05, 0) is 175 Å². The minimum Gasteiger partial charge on any atom is -0.311 e. The second-order valence-electron chi connectivity index (χ2n) is 17.8. The molecule has 0 spiro atoms. The number of hydrogen-bond acceptors (Lipinski definition) is 2. The molecule has 60 heavy (non-hydrogen) atoms. The zero-order valence-electron chi connectivity index (χ0n) is 37.5. The Kier molecular flexibility index (Phi) is 13.3. The lowest BCUT2D eigenvalue weighted by Gasteiger charge is -2.45. The van der Waals surface area contributed by atoms with E-state index < -0.39 is 0 Å². The summed E-state index contributed by atoms with van der Waals surface area (Å²) in [6.45, 7) is 13.9. The van der Waals surface area contributed by atoms with Crippen molar-refractivity contribution < 1.29 is 0 Å². The maximum Gasteiger partial charge on any atom is 0.252 e. The molecule has 8 rings (SSSR count). The quantitative estimate of drug-likeness (QED) is 0.0799. The van der Waals surface area contributed by atoms with Crippen molar-refractivity contribution in [2.75, 3.05) is 9.80 Å². The van der Waals surface area contributed by atoms with Gasteiger partial charge < -0.3 is 9.80 Å². The molecule has 0 atom stereocenters. The van der Waals surface area contributed by atoms with Crippen molar-refractivity contribution >= 4 is 57.2 Å². The number of nitrogens with zero attached hydrogens (tertiary/aromatic N) is 2. The van der Waals surface area contributed by atoms with E-state index in [0.29, 0.717) is 0 Å². The molecule has 3 heteroatoms. The fourth-order valence-electron chi connectivity index (χ4n) is 9.81. The first-order valence-corrected chi connectivity index (χ1v) is 23.8. The Morgan fingerprint density at radius 3 is 1.43 bits per heavy atom. The second-order valence-corrected chi connectivity index (χ2v) is 17.8. The van der Waals surface area contributed by atoms with E-state index in [0.717, 1.165) is 32.1 Å². The summed E-state index contributed by atoms with van der Waals surface area (Å²) < 4.78 is 0. The summed E-state index contributed by atoms with van der Waals surface area (Å²) in [7, 11) is 0. The number of benzene rings is 6. The summed E-state index contributed by atoms with van der Waals surface area (Å²) >= 11 is 0. The van der Waals surface area contributed by atoms with Crippen LogP contribution in [0.5, 0.6) is 0 Å². The molecule has 2 nitrogen and oxygen atoms in total. The van der Waals surface area contributed by atoms with Gasteiger partial charge in [0, 0.05) is 34.0 Å². The molecule has 6 aromatic carbocycles. The van der Waals surface area contributed by atoms with E-state index in [1.165, 1.54) is 159 Å². The number of aryl methyl sites for hydroxylation is 6. The van der Waals surface area contributed by atoms with Gasteiger partial charge in [-0.2, -0.15) is 0 Å². The molecular formula is C57H67BN2. The van der Waals surface area contributed by atoms with Crippen molar-refractivity contribution in [2.24, 2.45) is 0 Å². The molecule has 0 aliphatic carbocycles. The predicted octanol–water partition coefficient (Wildman–Crippen LogP) is 14.5. The zero-order valence-corrected chi connectivity index (χ0v) is 37.5. The fraction of sp³-hybridized carbons (Fsp3) is 0.368. The lowest BCUT2D eigenvalue weighted by molar-refractivity contribution is 0.794. The van der Waals surface area contributed by atoms with E-state index in [-0.39, 0.29) is 6.71 Å². The molecule has 2 heterocycles. The predicted molar refractivity (Wildman–Crippen MR) is 264 cm³/mol. The average Bonchev–Trinajstić information content (AvgIpc) is 3.28. The summed E-state index contributed by atoms with van der Waals surface area (Å²) in [6, 6.07) is 46.3. The highest BCUT2D eigenvalue weighted by Crippen LogP contribution is 2.47. The molecule has 0 bridgehead atoms. The van der Waals surface area contributed by atoms with Crippen LogP contribution < -0.4 is 26.2 Å². The van der Waals surface area contributed by atoms with Crippen LogP contribution in [0.2, 0.25) is 0 Å². The Labute approximate surface area is 363 Å². The lowest BCUT2D eigenvalue weighted by atomic mass is 9.33. The topological polar surface area (TPSA) is 6.48 Å². The average molecular weight is 791 g/mol. The highest BCUT2D eigenvalue weighted by Gasteiger charge is 2.44. The van der Waals surface area contributed by atoms with Crippen molar-refractivity contribution in [1.29, 1.82) is 0 Å². The highest BCUT2D eigenvalue weighted by molar-refractivity contribution is 7.00.